The second kappa shape index (κ2) is 7.98. The number of thiazole rings is 1. The molecule has 2 amide bonds. The van der Waals surface area contributed by atoms with Crippen LogP contribution in [0.25, 0.3) is 0 Å². The molecule has 1 unspecified atom stereocenters. The molecule has 1 aromatic carbocycles. The van der Waals surface area contributed by atoms with Crippen molar-refractivity contribution in [1.82, 2.24) is 4.98 Å². The van der Waals surface area contributed by atoms with Crippen molar-refractivity contribution < 1.29 is 14.3 Å². The van der Waals surface area contributed by atoms with Gasteiger partial charge in [0.15, 0.2) is 5.13 Å². The molecule has 7 nitrogen and oxygen atoms in total. The highest BCUT2D eigenvalue weighted by molar-refractivity contribution is 7.15. The molecule has 1 atom stereocenters. The third kappa shape index (κ3) is 4.93. The van der Waals surface area contributed by atoms with Crippen molar-refractivity contribution in [3.63, 3.8) is 0 Å². The molecule has 1 heterocycles. The highest BCUT2D eigenvalue weighted by Gasteiger charge is 2.17. The Labute approximate surface area is 150 Å². The van der Waals surface area contributed by atoms with Crippen molar-refractivity contribution in [2.75, 3.05) is 23.1 Å². The lowest BCUT2D eigenvalue weighted by Crippen LogP contribution is -2.32. The highest BCUT2D eigenvalue weighted by atomic mass is 32.1. The van der Waals surface area contributed by atoms with E-state index in [2.05, 4.69) is 20.9 Å². The first-order chi connectivity index (χ1) is 11.8. The van der Waals surface area contributed by atoms with Gasteiger partial charge in [0.2, 0.25) is 11.8 Å². The maximum absolute atomic E-state index is 12.4. The van der Waals surface area contributed by atoms with Crippen LogP contribution in [0, 0.1) is 13.8 Å². The van der Waals surface area contributed by atoms with Crippen molar-refractivity contribution in [2.24, 2.45) is 0 Å². The third-order valence-corrected chi connectivity index (χ3v) is 4.53. The fourth-order valence-electron chi connectivity index (χ4n) is 2.14. The van der Waals surface area contributed by atoms with E-state index in [1.165, 1.54) is 18.3 Å². The summed E-state index contributed by atoms with van der Waals surface area (Å²) in [6, 6.07) is 4.66. The van der Waals surface area contributed by atoms with Crippen LogP contribution in [0.3, 0.4) is 0 Å². The Bertz CT molecular complexity index is 769. The topological polar surface area (TPSA) is 92.4 Å². The van der Waals surface area contributed by atoms with Crippen molar-refractivity contribution in [3.05, 3.63) is 28.8 Å². The molecule has 0 radical (unpaired) electrons. The van der Waals surface area contributed by atoms with Crippen LogP contribution in [0.2, 0.25) is 0 Å². The summed E-state index contributed by atoms with van der Waals surface area (Å²) in [6.07, 6.45) is 0. The standard InChI is InChI=1S/C17H22N4O3S/c1-9-11(3)25-17(19-9)21-16(23)10(2)18-14-8-13(20-12(4)22)6-7-15(14)24-5/h6-8,10,18H,1-5H3,(H,20,22)(H,19,21,23). The van der Waals surface area contributed by atoms with Crippen LogP contribution < -0.4 is 20.7 Å². The van der Waals surface area contributed by atoms with Gasteiger partial charge in [-0.15, -0.1) is 11.3 Å². The van der Waals surface area contributed by atoms with Crippen molar-refractivity contribution in [1.29, 1.82) is 0 Å². The van der Waals surface area contributed by atoms with Crippen LogP contribution >= 0.6 is 11.3 Å². The van der Waals surface area contributed by atoms with E-state index in [1.54, 1.807) is 32.2 Å². The molecule has 3 N–H and O–H groups in total. The van der Waals surface area contributed by atoms with Gasteiger partial charge in [-0.05, 0) is 39.0 Å². The van der Waals surface area contributed by atoms with Gasteiger partial charge in [0.1, 0.15) is 11.8 Å². The molecule has 0 saturated carbocycles. The molecule has 25 heavy (non-hydrogen) atoms. The quantitative estimate of drug-likeness (QED) is 0.734. The predicted octanol–water partition coefficient (Wildman–Crippen LogP) is 3.17. The first-order valence-corrected chi connectivity index (χ1v) is 8.59. The Morgan fingerprint density at radius 1 is 1.24 bits per heavy atom. The van der Waals surface area contributed by atoms with Gasteiger partial charge in [-0.2, -0.15) is 0 Å². The fraction of sp³-hybridized carbons (Fsp3) is 0.353. The number of aromatic nitrogens is 1. The molecular weight excluding hydrogens is 340 g/mol. The van der Waals surface area contributed by atoms with Crippen molar-refractivity contribution in [2.45, 2.75) is 33.7 Å². The molecule has 2 rings (SSSR count). The monoisotopic (exact) mass is 362 g/mol. The number of carbonyl (C=O) groups excluding carboxylic acids is 2. The Kier molecular flexibility index (Phi) is 5.97. The van der Waals surface area contributed by atoms with Crippen molar-refractivity contribution >= 4 is 39.7 Å². The van der Waals surface area contributed by atoms with Crippen LogP contribution in [-0.2, 0) is 9.59 Å². The largest absolute Gasteiger partial charge is 0.495 e. The van der Waals surface area contributed by atoms with E-state index in [9.17, 15) is 9.59 Å². The minimum absolute atomic E-state index is 0.170. The minimum atomic E-state index is -0.522. The van der Waals surface area contributed by atoms with E-state index in [-0.39, 0.29) is 11.8 Å². The molecule has 0 spiro atoms. The number of anilines is 3. The summed E-state index contributed by atoms with van der Waals surface area (Å²) in [5.74, 6) is 0.201. The first kappa shape index (κ1) is 18.7. The maximum atomic E-state index is 12.4. The van der Waals surface area contributed by atoms with Crippen molar-refractivity contribution in [3.8, 4) is 5.75 Å². The summed E-state index contributed by atoms with van der Waals surface area (Å²) in [6.45, 7) is 7.04. The predicted molar refractivity (Wildman–Crippen MR) is 101 cm³/mol. The zero-order chi connectivity index (χ0) is 18.6. The van der Waals surface area contributed by atoms with Gasteiger partial charge in [0.25, 0.3) is 0 Å². The molecule has 0 saturated heterocycles. The van der Waals surface area contributed by atoms with Gasteiger partial charge in [-0.25, -0.2) is 4.98 Å². The Balaban J connectivity index is 2.11. The van der Waals surface area contributed by atoms with E-state index in [4.69, 9.17) is 4.74 Å². The van der Waals surface area contributed by atoms with Crippen LogP contribution in [0.1, 0.15) is 24.4 Å². The molecule has 1 aromatic heterocycles. The van der Waals surface area contributed by atoms with E-state index < -0.39 is 6.04 Å². The van der Waals surface area contributed by atoms with E-state index in [1.807, 2.05) is 13.8 Å². The second-order valence-corrected chi connectivity index (χ2v) is 6.82. The smallest absolute Gasteiger partial charge is 0.248 e. The fourth-order valence-corrected chi connectivity index (χ4v) is 2.96. The SMILES string of the molecule is COc1ccc(NC(C)=O)cc1NC(C)C(=O)Nc1nc(C)c(C)s1. The van der Waals surface area contributed by atoms with Gasteiger partial charge in [-0.3, -0.25) is 9.59 Å². The Morgan fingerprint density at radius 2 is 1.96 bits per heavy atom. The molecule has 0 aliphatic rings. The second-order valence-electron chi connectivity index (χ2n) is 5.61. The van der Waals surface area contributed by atoms with E-state index in [0.29, 0.717) is 22.3 Å². The average Bonchev–Trinajstić information content (AvgIpc) is 2.84. The summed E-state index contributed by atoms with van der Waals surface area (Å²) in [4.78, 5) is 29.0. The molecule has 0 fully saturated rings. The highest BCUT2D eigenvalue weighted by Crippen LogP contribution is 2.29. The number of methoxy groups -OCH3 is 1. The number of hydrogen-bond donors (Lipinski definition) is 3. The molecule has 2 aromatic rings. The number of rotatable bonds is 6. The lowest BCUT2D eigenvalue weighted by Gasteiger charge is -2.17. The van der Waals surface area contributed by atoms with Crippen LogP contribution in [0.4, 0.5) is 16.5 Å². The summed E-state index contributed by atoms with van der Waals surface area (Å²) < 4.78 is 5.31. The molecular formula is C17H22N4O3S. The van der Waals surface area contributed by atoms with E-state index in [0.717, 1.165) is 10.6 Å². The zero-order valence-corrected chi connectivity index (χ0v) is 15.7. The molecule has 0 aliphatic carbocycles. The first-order valence-electron chi connectivity index (χ1n) is 7.77. The van der Waals surface area contributed by atoms with Gasteiger partial charge < -0.3 is 20.7 Å². The van der Waals surface area contributed by atoms with Crippen LogP contribution in [0.5, 0.6) is 5.75 Å². The lowest BCUT2D eigenvalue weighted by molar-refractivity contribution is -0.116. The summed E-state index contributed by atoms with van der Waals surface area (Å²) in [7, 11) is 1.55. The number of ether oxygens (including phenoxy) is 1. The molecule has 134 valence electrons. The van der Waals surface area contributed by atoms with Gasteiger partial charge in [0.05, 0.1) is 18.5 Å². The number of carbonyl (C=O) groups is 2. The van der Waals surface area contributed by atoms with E-state index >= 15 is 0 Å². The lowest BCUT2D eigenvalue weighted by atomic mass is 10.2. The van der Waals surface area contributed by atoms with Gasteiger partial charge in [-0.1, -0.05) is 0 Å². The molecule has 8 heteroatoms. The minimum Gasteiger partial charge on any atom is -0.495 e. The number of benzene rings is 1. The molecule has 0 aliphatic heterocycles. The van der Waals surface area contributed by atoms with Crippen LogP contribution in [0.15, 0.2) is 18.2 Å². The summed E-state index contributed by atoms with van der Waals surface area (Å²) in [5.41, 5.74) is 2.14. The average molecular weight is 362 g/mol. The zero-order valence-electron chi connectivity index (χ0n) is 14.9. The molecule has 0 bridgehead atoms. The summed E-state index contributed by atoms with van der Waals surface area (Å²) >= 11 is 1.44. The Morgan fingerprint density at radius 3 is 2.52 bits per heavy atom. The normalized spacial score (nSPS) is 11.6. The summed E-state index contributed by atoms with van der Waals surface area (Å²) in [5, 5.41) is 9.19. The number of nitrogens with one attached hydrogen (secondary N) is 3. The van der Waals surface area contributed by atoms with Gasteiger partial charge in [0, 0.05) is 17.5 Å². The third-order valence-electron chi connectivity index (χ3n) is 3.54. The van der Waals surface area contributed by atoms with Gasteiger partial charge >= 0.3 is 0 Å². The number of aryl methyl sites for hydroxylation is 2. The Hall–Kier alpha value is -2.61. The number of nitrogens with zero attached hydrogens (tertiary/aromatic N) is 1. The number of hydrogen-bond acceptors (Lipinski definition) is 6. The van der Waals surface area contributed by atoms with Crippen LogP contribution in [-0.4, -0.2) is 29.9 Å². The maximum Gasteiger partial charge on any atom is 0.248 e. The number of amides is 2.